The van der Waals surface area contributed by atoms with Crippen LogP contribution >= 0.6 is 0 Å². The molecule has 0 radical (unpaired) electrons. The van der Waals surface area contributed by atoms with Crippen molar-refractivity contribution in [1.29, 1.82) is 5.26 Å². The molecule has 0 bridgehead atoms. The van der Waals surface area contributed by atoms with E-state index in [-0.39, 0.29) is 5.56 Å². The number of hydrogen-bond donors (Lipinski definition) is 1. The molecule has 1 N–H and O–H groups in total. The maximum Gasteiger partial charge on any atom is 0.335 e. The van der Waals surface area contributed by atoms with Crippen LogP contribution in [0.1, 0.15) is 54.4 Å². The lowest BCUT2D eigenvalue weighted by molar-refractivity contribution is 0.0697. The number of carboxylic acid groups (broad SMARTS) is 1. The molecule has 2 atom stereocenters. The quantitative estimate of drug-likeness (QED) is 0.903. The number of nitrogens with zero attached hydrogens (tertiary/aromatic N) is 2. The molecule has 1 saturated carbocycles. The number of nitriles is 1. The maximum absolute atomic E-state index is 11.1. The lowest BCUT2D eigenvalue weighted by atomic mass is 9.78. The molecule has 1 aliphatic heterocycles. The lowest BCUT2D eigenvalue weighted by Gasteiger charge is -2.45. The lowest BCUT2D eigenvalue weighted by Crippen LogP contribution is -2.47. The molecule has 1 heterocycles. The first kappa shape index (κ1) is 13.9. The monoisotopic (exact) mass is 284 g/mol. The number of hydrogen-bond acceptors (Lipinski definition) is 3. The average Bonchev–Trinajstić information content (AvgIpc) is 2.53. The number of carbonyl (C=O) groups is 1. The molecule has 0 amide bonds. The van der Waals surface area contributed by atoms with Gasteiger partial charge < -0.3 is 10.0 Å². The smallest absolute Gasteiger partial charge is 0.335 e. The third-order valence-corrected chi connectivity index (χ3v) is 4.92. The summed E-state index contributed by atoms with van der Waals surface area (Å²) >= 11 is 0. The molecule has 2 fully saturated rings. The number of rotatable bonds is 2. The molecule has 3 rings (SSSR count). The molecule has 1 aromatic carbocycles. The molecule has 0 spiro atoms. The Morgan fingerprint density at radius 2 is 2.00 bits per heavy atom. The molecular weight excluding hydrogens is 264 g/mol. The van der Waals surface area contributed by atoms with Gasteiger partial charge in [0.25, 0.3) is 0 Å². The minimum absolute atomic E-state index is 0.188. The summed E-state index contributed by atoms with van der Waals surface area (Å²) < 4.78 is 0. The Morgan fingerprint density at radius 1 is 1.24 bits per heavy atom. The summed E-state index contributed by atoms with van der Waals surface area (Å²) in [5.41, 5.74) is 1.59. The largest absolute Gasteiger partial charge is 0.478 e. The summed E-state index contributed by atoms with van der Waals surface area (Å²) in [5.74, 6) is -0.245. The molecule has 2 aliphatic rings. The average molecular weight is 284 g/mol. The van der Waals surface area contributed by atoms with Crippen LogP contribution in [0.3, 0.4) is 0 Å². The Kier molecular flexibility index (Phi) is 3.83. The van der Waals surface area contributed by atoms with Gasteiger partial charge in [0.15, 0.2) is 0 Å². The van der Waals surface area contributed by atoms with Crippen LogP contribution in [0, 0.1) is 17.2 Å². The highest BCUT2D eigenvalue weighted by atomic mass is 16.4. The van der Waals surface area contributed by atoms with E-state index in [1.165, 1.54) is 38.2 Å². The van der Waals surface area contributed by atoms with Crippen LogP contribution in [0.25, 0.3) is 0 Å². The molecular formula is C17H20N2O2. The van der Waals surface area contributed by atoms with Gasteiger partial charge in [-0.15, -0.1) is 0 Å². The fourth-order valence-corrected chi connectivity index (χ4v) is 3.93. The summed E-state index contributed by atoms with van der Waals surface area (Å²) in [6.45, 7) is 0.974. The SMILES string of the molecule is N#Cc1cc(C(=O)O)ccc1N1CCCC2CCCCC21. The van der Waals surface area contributed by atoms with Gasteiger partial charge in [-0.1, -0.05) is 12.8 Å². The van der Waals surface area contributed by atoms with E-state index < -0.39 is 5.97 Å². The standard InChI is InChI=1S/C17H20N2O2/c18-11-14-10-13(17(20)21)7-8-16(14)19-9-3-5-12-4-1-2-6-15(12)19/h7-8,10,12,15H,1-6,9H2,(H,20,21). The van der Waals surface area contributed by atoms with Gasteiger partial charge in [-0.2, -0.15) is 5.26 Å². The van der Waals surface area contributed by atoms with Crippen molar-refractivity contribution >= 4 is 11.7 Å². The van der Waals surface area contributed by atoms with Crippen molar-refractivity contribution in [3.63, 3.8) is 0 Å². The third-order valence-electron chi connectivity index (χ3n) is 4.92. The second-order valence-corrected chi connectivity index (χ2v) is 6.10. The Hall–Kier alpha value is -2.02. The first-order valence-electron chi connectivity index (χ1n) is 7.75. The molecule has 4 nitrogen and oxygen atoms in total. The topological polar surface area (TPSA) is 64.3 Å². The Morgan fingerprint density at radius 3 is 2.76 bits per heavy atom. The number of anilines is 1. The van der Waals surface area contributed by atoms with Crippen molar-refractivity contribution in [3.8, 4) is 6.07 Å². The fraction of sp³-hybridized carbons (Fsp3) is 0.529. The van der Waals surface area contributed by atoms with Crippen molar-refractivity contribution in [3.05, 3.63) is 29.3 Å². The first-order chi connectivity index (χ1) is 10.2. The van der Waals surface area contributed by atoms with Crippen molar-refractivity contribution in [2.45, 2.75) is 44.6 Å². The zero-order valence-electron chi connectivity index (χ0n) is 12.1. The minimum Gasteiger partial charge on any atom is -0.478 e. The van der Waals surface area contributed by atoms with Crippen LogP contribution in [0.15, 0.2) is 18.2 Å². The van der Waals surface area contributed by atoms with E-state index in [9.17, 15) is 10.1 Å². The van der Waals surface area contributed by atoms with Gasteiger partial charge in [0.2, 0.25) is 0 Å². The van der Waals surface area contributed by atoms with Crippen molar-refractivity contribution in [2.75, 3.05) is 11.4 Å². The maximum atomic E-state index is 11.1. The minimum atomic E-state index is -0.979. The first-order valence-corrected chi connectivity index (χ1v) is 7.75. The summed E-state index contributed by atoms with van der Waals surface area (Å²) in [4.78, 5) is 13.4. The molecule has 2 unspecified atom stereocenters. The highest BCUT2D eigenvalue weighted by molar-refractivity contribution is 5.89. The van der Waals surface area contributed by atoms with Crippen molar-refractivity contribution < 1.29 is 9.90 Å². The van der Waals surface area contributed by atoms with E-state index in [4.69, 9.17) is 5.11 Å². The normalized spacial score (nSPS) is 25.0. The van der Waals surface area contributed by atoms with Gasteiger partial charge in [0.05, 0.1) is 16.8 Å². The summed E-state index contributed by atoms with van der Waals surface area (Å²) in [5, 5.41) is 18.5. The Bertz CT molecular complexity index is 589. The number of piperidine rings is 1. The van der Waals surface area contributed by atoms with E-state index >= 15 is 0 Å². The van der Waals surface area contributed by atoms with E-state index in [2.05, 4.69) is 11.0 Å². The van der Waals surface area contributed by atoms with Crippen molar-refractivity contribution in [1.82, 2.24) is 0 Å². The van der Waals surface area contributed by atoms with Crippen molar-refractivity contribution in [2.24, 2.45) is 5.92 Å². The van der Waals surface area contributed by atoms with Gasteiger partial charge in [0, 0.05) is 12.6 Å². The highest BCUT2D eigenvalue weighted by Crippen LogP contribution is 2.38. The third kappa shape index (κ3) is 2.61. The van der Waals surface area contributed by atoms with Gasteiger partial charge in [-0.3, -0.25) is 0 Å². The summed E-state index contributed by atoms with van der Waals surface area (Å²) in [7, 11) is 0. The molecule has 1 aliphatic carbocycles. The molecule has 1 aromatic rings. The van der Waals surface area contributed by atoms with Crippen LogP contribution in [0.5, 0.6) is 0 Å². The number of carboxylic acids is 1. The van der Waals surface area contributed by atoms with E-state index in [1.54, 1.807) is 6.07 Å². The van der Waals surface area contributed by atoms with Crippen LogP contribution in [-0.2, 0) is 0 Å². The number of aromatic carboxylic acids is 1. The van der Waals surface area contributed by atoms with E-state index in [1.807, 2.05) is 6.07 Å². The molecule has 4 heteroatoms. The van der Waals surface area contributed by atoms with Crippen LogP contribution < -0.4 is 4.90 Å². The second kappa shape index (κ2) is 5.77. The summed E-state index contributed by atoms with van der Waals surface area (Å²) in [6.07, 6.45) is 7.50. The van der Waals surface area contributed by atoms with Gasteiger partial charge in [-0.05, 0) is 49.8 Å². The van der Waals surface area contributed by atoms with Gasteiger partial charge >= 0.3 is 5.97 Å². The van der Waals surface area contributed by atoms with Crippen LogP contribution in [0.4, 0.5) is 5.69 Å². The molecule has 21 heavy (non-hydrogen) atoms. The Labute approximate surface area is 125 Å². The van der Waals surface area contributed by atoms with Gasteiger partial charge in [-0.25, -0.2) is 4.79 Å². The number of benzene rings is 1. The molecule has 0 aromatic heterocycles. The zero-order chi connectivity index (χ0) is 14.8. The summed E-state index contributed by atoms with van der Waals surface area (Å²) in [6, 6.07) is 7.64. The van der Waals surface area contributed by atoms with E-state index in [0.717, 1.165) is 24.6 Å². The number of fused-ring (bicyclic) bond motifs is 1. The fourth-order valence-electron chi connectivity index (χ4n) is 3.93. The van der Waals surface area contributed by atoms with Crippen LogP contribution in [0.2, 0.25) is 0 Å². The second-order valence-electron chi connectivity index (χ2n) is 6.10. The molecule has 110 valence electrons. The van der Waals surface area contributed by atoms with Crippen LogP contribution in [-0.4, -0.2) is 23.7 Å². The van der Waals surface area contributed by atoms with Gasteiger partial charge in [0.1, 0.15) is 6.07 Å². The zero-order valence-corrected chi connectivity index (χ0v) is 12.1. The highest BCUT2D eigenvalue weighted by Gasteiger charge is 2.34. The molecule has 1 saturated heterocycles. The predicted octanol–water partition coefficient (Wildman–Crippen LogP) is 3.42. The Balaban J connectivity index is 1.95. The predicted molar refractivity (Wildman–Crippen MR) is 80.4 cm³/mol. The van der Waals surface area contributed by atoms with E-state index in [0.29, 0.717) is 11.6 Å².